The van der Waals surface area contributed by atoms with Crippen LogP contribution in [0.4, 0.5) is 0 Å². The summed E-state index contributed by atoms with van der Waals surface area (Å²) in [6.45, 7) is 11.2. The lowest BCUT2D eigenvalue weighted by molar-refractivity contribution is -0.0454. The fourth-order valence-corrected chi connectivity index (χ4v) is 1.78. The van der Waals surface area contributed by atoms with Gasteiger partial charge in [-0.1, -0.05) is 20.8 Å². The van der Waals surface area contributed by atoms with E-state index in [0.717, 1.165) is 11.8 Å². The molecule has 2 unspecified atom stereocenters. The number of hydrogen-bond acceptors (Lipinski definition) is 1. The summed E-state index contributed by atoms with van der Waals surface area (Å²) in [5.74, 6) is 2.30. The van der Waals surface area contributed by atoms with Crippen LogP contribution in [0.2, 0.25) is 0 Å². The van der Waals surface area contributed by atoms with Gasteiger partial charge in [0.2, 0.25) is 0 Å². The molecule has 1 aliphatic rings. The molecule has 13 heavy (non-hydrogen) atoms. The zero-order valence-electron chi connectivity index (χ0n) is 9.71. The van der Waals surface area contributed by atoms with Crippen LogP contribution in [-0.4, -0.2) is 12.2 Å². The highest BCUT2D eigenvalue weighted by atomic mass is 16.5. The molecule has 0 aromatic rings. The highest BCUT2D eigenvalue weighted by Gasteiger charge is 2.36. The Balaban J connectivity index is 2.45. The second-order valence-corrected chi connectivity index (χ2v) is 5.09. The number of rotatable bonds is 5. The van der Waals surface area contributed by atoms with Crippen molar-refractivity contribution >= 4 is 0 Å². The highest BCUT2D eigenvalue weighted by molar-refractivity contribution is 4.86. The Labute approximate surface area is 82.9 Å². The van der Waals surface area contributed by atoms with Gasteiger partial charge in [0.25, 0.3) is 0 Å². The van der Waals surface area contributed by atoms with Gasteiger partial charge in [-0.25, -0.2) is 0 Å². The Morgan fingerprint density at radius 3 is 1.85 bits per heavy atom. The molecule has 1 heteroatoms. The second-order valence-electron chi connectivity index (χ2n) is 5.09. The topological polar surface area (TPSA) is 9.23 Å². The molecule has 0 amide bonds. The third kappa shape index (κ3) is 3.30. The van der Waals surface area contributed by atoms with Gasteiger partial charge in [0.1, 0.15) is 0 Å². The maximum atomic E-state index is 6.00. The highest BCUT2D eigenvalue weighted by Crippen LogP contribution is 2.40. The van der Waals surface area contributed by atoms with Crippen molar-refractivity contribution in [2.45, 2.75) is 59.7 Å². The predicted octanol–water partition coefficient (Wildman–Crippen LogP) is 3.48. The summed E-state index contributed by atoms with van der Waals surface area (Å²) >= 11 is 0. The van der Waals surface area contributed by atoms with Crippen molar-refractivity contribution in [3.63, 3.8) is 0 Å². The van der Waals surface area contributed by atoms with E-state index in [1.54, 1.807) is 0 Å². The normalized spacial score (nSPS) is 22.4. The Hall–Kier alpha value is -0.0400. The van der Waals surface area contributed by atoms with Crippen LogP contribution in [0.3, 0.4) is 0 Å². The standard InChI is InChI=1S/C12H24O/c1-8(2)10(5)12(11-6-7-11)13-9(3)4/h8-12H,6-7H2,1-5H3. The van der Waals surface area contributed by atoms with E-state index in [-0.39, 0.29) is 0 Å². The minimum absolute atomic E-state index is 0.381. The molecule has 0 aromatic heterocycles. The van der Waals surface area contributed by atoms with Gasteiger partial charge in [0, 0.05) is 0 Å². The van der Waals surface area contributed by atoms with Gasteiger partial charge in [0.15, 0.2) is 0 Å². The monoisotopic (exact) mass is 184 g/mol. The van der Waals surface area contributed by atoms with E-state index in [2.05, 4.69) is 34.6 Å². The average molecular weight is 184 g/mol. The maximum absolute atomic E-state index is 6.00. The van der Waals surface area contributed by atoms with Crippen molar-refractivity contribution in [3.05, 3.63) is 0 Å². The van der Waals surface area contributed by atoms with Gasteiger partial charge in [-0.15, -0.1) is 0 Å². The van der Waals surface area contributed by atoms with Crippen molar-refractivity contribution in [2.24, 2.45) is 17.8 Å². The summed E-state index contributed by atoms with van der Waals surface area (Å²) in [4.78, 5) is 0. The molecule has 1 rings (SSSR count). The minimum atomic E-state index is 0.381. The molecular formula is C12H24O. The van der Waals surface area contributed by atoms with E-state index in [1.165, 1.54) is 12.8 Å². The summed E-state index contributed by atoms with van der Waals surface area (Å²) in [5.41, 5.74) is 0. The summed E-state index contributed by atoms with van der Waals surface area (Å²) < 4.78 is 6.00. The molecule has 2 atom stereocenters. The van der Waals surface area contributed by atoms with Crippen molar-refractivity contribution < 1.29 is 4.74 Å². The summed E-state index contributed by atoms with van der Waals surface area (Å²) in [5, 5.41) is 0. The lowest BCUT2D eigenvalue weighted by atomic mass is 9.89. The molecular weight excluding hydrogens is 160 g/mol. The zero-order chi connectivity index (χ0) is 10.0. The average Bonchev–Trinajstić information content (AvgIpc) is 2.80. The van der Waals surface area contributed by atoms with Gasteiger partial charge in [0.05, 0.1) is 12.2 Å². The lowest BCUT2D eigenvalue weighted by Gasteiger charge is -2.29. The molecule has 1 nitrogen and oxygen atoms in total. The predicted molar refractivity (Wildman–Crippen MR) is 56.7 cm³/mol. The third-order valence-corrected chi connectivity index (χ3v) is 3.09. The summed E-state index contributed by atoms with van der Waals surface area (Å²) in [6.07, 6.45) is 3.66. The summed E-state index contributed by atoms with van der Waals surface area (Å²) in [7, 11) is 0. The van der Waals surface area contributed by atoms with Crippen molar-refractivity contribution in [1.82, 2.24) is 0 Å². The molecule has 0 radical (unpaired) electrons. The number of hydrogen-bond donors (Lipinski definition) is 0. The molecule has 1 fully saturated rings. The molecule has 0 spiro atoms. The van der Waals surface area contributed by atoms with Crippen LogP contribution in [0, 0.1) is 17.8 Å². The van der Waals surface area contributed by atoms with Crippen LogP contribution < -0.4 is 0 Å². The Bertz CT molecular complexity index is 147. The van der Waals surface area contributed by atoms with E-state index in [9.17, 15) is 0 Å². The Kier molecular flexibility index (Phi) is 3.78. The maximum Gasteiger partial charge on any atom is 0.0634 e. The quantitative estimate of drug-likeness (QED) is 0.635. The van der Waals surface area contributed by atoms with Crippen LogP contribution in [0.1, 0.15) is 47.5 Å². The molecule has 0 bridgehead atoms. The second kappa shape index (κ2) is 4.45. The Morgan fingerprint density at radius 1 is 1.00 bits per heavy atom. The zero-order valence-corrected chi connectivity index (χ0v) is 9.71. The van der Waals surface area contributed by atoms with E-state index in [4.69, 9.17) is 4.74 Å². The van der Waals surface area contributed by atoms with Crippen LogP contribution in [0.25, 0.3) is 0 Å². The molecule has 0 aromatic carbocycles. The molecule has 1 saturated carbocycles. The molecule has 0 N–H and O–H groups in total. The van der Waals surface area contributed by atoms with E-state index in [1.807, 2.05) is 0 Å². The first-order valence-corrected chi connectivity index (χ1v) is 5.67. The SMILES string of the molecule is CC(C)OC(C1CC1)C(C)C(C)C. The molecule has 0 saturated heterocycles. The van der Waals surface area contributed by atoms with Crippen molar-refractivity contribution in [3.8, 4) is 0 Å². The molecule has 0 aliphatic heterocycles. The molecule has 78 valence electrons. The first-order chi connectivity index (χ1) is 6.02. The van der Waals surface area contributed by atoms with Crippen molar-refractivity contribution in [1.29, 1.82) is 0 Å². The lowest BCUT2D eigenvalue weighted by Crippen LogP contribution is -2.30. The number of ether oxygens (including phenoxy) is 1. The van der Waals surface area contributed by atoms with Crippen LogP contribution in [-0.2, 0) is 4.74 Å². The smallest absolute Gasteiger partial charge is 0.0634 e. The van der Waals surface area contributed by atoms with Gasteiger partial charge >= 0.3 is 0 Å². The van der Waals surface area contributed by atoms with E-state index >= 15 is 0 Å². The summed E-state index contributed by atoms with van der Waals surface area (Å²) in [6, 6.07) is 0. The van der Waals surface area contributed by atoms with Crippen LogP contribution in [0.5, 0.6) is 0 Å². The van der Waals surface area contributed by atoms with Gasteiger partial charge in [-0.2, -0.15) is 0 Å². The minimum Gasteiger partial charge on any atom is -0.375 e. The molecule has 1 aliphatic carbocycles. The van der Waals surface area contributed by atoms with Gasteiger partial charge < -0.3 is 4.74 Å². The van der Waals surface area contributed by atoms with E-state index < -0.39 is 0 Å². The van der Waals surface area contributed by atoms with E-state index in [0.29, 0.717) is 18.1 Å². The van der Waals surface area contributed by atoms with Gasteiger partial charge in [-0.3, -0.25) is 0 Å². The fraction of sp³-hybridized carbons (Fsp3) is 1.00. The van der Waals surface area contributed by atoms with Crippen LogP contribution in [0.15, 0.2) is 0 Å². The van der Waals surface area contributed by atoms with Crippen molar-refractivity contribution in [2.75, 3.05) is 0 Å². The largest absolute Gasteiger partial charge is 0.375 e. The fourth-order valence-electron chi connectivity index (χ4n) is 1.78. The third-order valence-electron chi connectivity index (χ3n) is 3.09. The first kappa shape index (κ1) is 11.0. The van der Waals surface area contributed by atoms with Crippen LogP contribution >= 0.6 is 0 Å². The first-order valence-electron chi connectivity index (χ1n) is 5.67. The molecule has 0 heterocycles. The Morgan fingerprint density at radius 2 is 1.54 bits per heavy atom. The van der Waals surface area contributed by atoms with Gasteiger partial charge in [-0.05, 0) is 44.4 Å².